The molecule has 0 aromatic carbocycles. The van der Waals surface area contributed by atoms with Gasteiger partial charge in [0.1, 0.15) is 5.82 Å². The molecule has 0 N–H and O–H groups in total. The van der Waals surface area contributed by atoms with Gasteiger partial charge in [0.05, 0.1) is 11.6 Å². The highest BCUT2D eigenvalue weighted by molar-refractivity contribution is 5.73. The molecule has 0 spiro atoms. The summed E-state index contributed by atoms with van der Waals surface area (Å²) in [5, 5.41) is 8.73. The molecule has 2 heteroatoms. The lowest BCUT2D eigenvalue weighted by Crippen LogP contribution is -1.70. The molecule has 2 rings (SSSR count). The first-order chi connectivity index (χ1) is 6.31. The first-order valence-corrected chi connectivity index (χ1v) is 3.89. The van der Waals surface area contributed by atoms with Gasteiger partial charge in [-0.05, 0) is 29.3 Å². The van der Waals surface area contributed by atoms with Crippen LogP contribution in [0.3, 0.4) is 0 Å². The fourth-order valence-corrected chi connectivity index (χ4v) is 1.32. The minimum atomic E-state index is -0.292. The van der Waals surface area contributed by atoms with E-state index in [0.29, 0.717) is 5.56 Å². The second-order valence-corrected chi connectivity index (χ2v) is 2.78. The lowest BCUT2D eigenvalue weighted by molar-refractivity contribution is 0.629. The highest BCUT2D eigenvalue weighted by atomic mass is 19.1. The highest BCUT2D eigenvalue weighted by Gasteiger charge is 2.06. The maximum absolute atomic E-state index is 12.8. The fraction of sp³-hybridized carbons (Fsp3) is 0. The Balaban J connectivity index is 2.73. The van der Waals surface area contributed by atoms with E-state index in [9.17, 15) is 4.39 Å². The molecular formula is C11H6FN. The Morgan fingerprint density at radius 1 is 1.00 bits per heavy atom. The first kappa shape index (κ1) is 7.75. The minimum Gasteiger partial charge on any atom is -0.207 e. The number of halogens is 1. The summed E-state index contributed by atoms with van der Waals surface area (Å²) in [5.74, 6) is -0.292. The van der Waals surface area contributed by atoms with Gasteiger partial charge in [-0.3, -0.25) is 0 Å². The maximum Gasteiger partial charge on any atom is 0.123 e. The topological polar surface area (TPSA) is 23.8 Å². The number of rotatable bonds is 0. The summed E-state index contributed by atoms with van der Waals surface area (Å²) in [6.45, 7) is 0. The van der Waals surface area contributed by atoms with Crippen LogP contribution in [0.2, 0.25) is 0 Å². The zero-order valence-corrected chi connectivity index (χ0v) is 6.79. The van der Waals surface area contributed by atoms with Crippen LogP contribution in [0.1, 0.15) is 5.56 Å². The molecule has 0 heterocycles. The Hall–Kier alpha value is -1.88. The predicted molar refractivity (Wildman–Crippen MR) is 47.7 cm³/mol. The van der Waals surface area contributed by atoms with Gasteiger partial charge in [0.25, 0.3) is 0 Å². The molecule has 1 nitrogen and oxygen atoms in total. The summed E-state index contributed by atoms with van der Waals surface area (Å²) in [4.78, 5) is 0. The van der Waals surface area contributed by atoms with Crippen molar-refractivity contribution in [3.8, 4) is 17.2 Å². The van der Waals surface area contributed by atoms with E-state index in [4.69, 9.17) is 5.26 Å². The second kappa shape index (κ2) is 2.87. The van der Waals surface area contributed by atoms with Gasteiger partial charge in [0.15, 0.2) is 0 Å². The minimum absolute atomic E-state index is 0.292. The summed E-state index contributed by atoms with van der Waals surface area (Å²) < 4.78 is 12.8. The third-order valence-electron chi connectivity index (χ3n) is 1.98. The number of nitriles is 1. The average molecular weight is 171 g/mol. The number of fused-ring (bicyclic) bond motifs is 1. The van der Waals surface area contributed by atoms with Crippen LogP contribution in [0.5, 0.6) is 0 Å². The average Bonchev–Trinajstić information content (AvgIpc) is 2.45. The number of nitrogens with zero attached hydrogens (tertiary/aromatic N) is 1. The van der Waals surface area contributed by atoms with E-state index >= 15 is 0 Å². The van der Waals surface area contributed by atoms with E-state index < -0.39 is 0 Å². The third kappa shape index (κ3) is 1.25. The van der Waals surface area contributed by atoms with E-state index in [2.05, 4.69) is 6.07 Å². The smallest absolute Gasteiger partial charge is 0.123 e. The Kier molecular flexibility index (Phi) is 1.71. The van der Waals surface area contributed by atoms with E-state index in [1.165, 1.54) is 12.1 Å². The van der Waals surface area contributed by atoms with Crippen LogP contribution >= 0.6 is 0 Å². The largest absolute Gasteiger partial charge is 0.207 e. The molecule has 0 aromatic rings. The van der Waals surface area contributed by atoms with E-state index in [1.54, 1.807) is 18.2 Å². The summed E-state index contributed by atoms with van der Waals surface area (Å²) >= 11 is 0. The van der Waals surface area contributed by atoms with Crippen LogP contribution in [0.4, 0.5) is 4.39 Å². The summed E-state index contributed by atoms with van der Waals surface area (Å²) in [7, 11) is 0. The lowest BCUT2D eigenvalue weighted by Gasteiger charge is -1.89. The van der Waals surface area contributed by atoms with Crippen LogP contribution < -0.4 is 0 Å². The van der Waals surface area contributed by atoms with Gasteiger partial charge in [-0.25, -0.2) is 4.39 Å². The van der Waals surface area contributed by atoms with Gasteiger partial charge in [-0.15, -0.1) is 0 Å². The fourth-order valence-electron chi connectivity index (χ4n) is 1.32. The van der Waals surface area contributed by atoms with Crippen molar-refractivity contribution in [3.63, 3.8) is 0 Å². The molecule has 2 aliphatic rings. The van der Waals surface area contributed by atoms with Gasteiger partial charge in [-0.2, -0.15) is 5.26 Å². The van der Waals surface area contributed by atoms with Gasteiger partial charge >= 0.3 is 0 Å². The van der Waals surface area contributed by atoms with Crippen molar-refractivity contribution in [2.45, 2.75) is 0 Å². The molecule has 0 unspecified atom stereocenters. The highest BCUT2D eigenvalue weighted by Crippen LogP contribution is 2.26. The quantitative estimate of drug-likeness (QED) is 0.597. The molecule has 0 bridgehead atoms. The van der Waals surface area contributed by atoms with Gasteiger partial charge in [0, 0.05) is 0 Å². The molecule has 0 atom stereocenters. The number of hydrogen-bond acceptors (Lipinski definition) is 1. The lowest BCUT2D eigenvalue weighted by atomic mass is 10.1. The standard InChI is InChI=1S/C11H6FN/c12-10-4-3-8-1-2-9(7-13)11(8)6-5-10/h1-6H. The van der Waals surface area contributed by atoms with Crippen molar-refractivity contribution in [3.05, 3.63) is 47.8 Å². The predicted octanol–water partition coefficient (Wildman–Crippen LogP) is 2.80. The van der Waals surface area contributed by atoms with Gasteiger partial charge in [0.2, 0.25) is 0 Å². The maximum atomic E-state index is 12.8. The van der Waals surface area contributed by atoms with E-state index in [-0.39, 0.29) is 5.82 Å². The Morgan fingerprint density at radius 2 is 1.69 bits per heavy atom. The van der Waals surface area contributed by atoms with Crippen molar-refractivity contribution < 1.29 is 4.39 Å². The van der Waals surface area contributed by atoms with Crippen LogP contribution in [0, 0.1) is 17.1 Å². The van der Waals surface area contributed by atoms with E-state index in [1.807, 2.05) is 6.07 Å². The Bertz CT molecular complexity index is 456. The summed E-state index contributed by atoms with van der Waals surface area (Å²) in [6, 6.07) is 11.7. The summed E-state index contributed by atoms with van der Waals surface area (Å²) in [5.41, 5.74) is 2.28. The van der Waals surface area contributed by atoms with Gasteiger partial charge in [-0.1, -0.05) is 18.2 Å². The number of hydrogen-bond donors (Lipinski definition) is 0. The zero-order chi connectivity index (χ0) is 9.26. The molecular weight excluding hydrogens is 165 g/mol. The molecule has 0 radical (unpaired) electrons. The SMILES string of the molecule is N#Cc1ccc2ccc(F)ccc1-2. The normalized spacial score (nSPS) is 9.85. The molecule has 0 saturated heterocycles. The molecule has 0 fully saturated rings. The van der Waals surface area contributed by atoms with Crippen molar-refractivity contribution in [2.24, 2.45) is 0 Å². The first-order valence-electron chi connectivity index (χ1n) is 3.89. The molecule has 0 saturated carbocycles. The summed E-state index contributed by atoms with van der Waals surface area (Å²) in [6.07, 6.45) is 0. The molecule has 2 aliphatic carbocycles. The molecule has 0 amide bonds. The van der Waals surface area contributed by atoms with Gasteiger partial charge < -0.3 is 0 Å². The Labute approximate surface area is 75.4 Å². The van der Waals surface area contributed by atoms with Crippen LogP contribution in [0.15, 0.2) is 36.4 Å². The Morgan fingerprint density at radius 3 is 2.46 bits per heavy atom. The zero-order valence-electron chi connectivity index (χ0n) is 6.79. The monoisotopic (exact) mass is 171 g/mol. The van der Waals surface area contributed by atoms with Crippen LogP contribution in [-0.2, 0) is 0 Å². The van der Waals surface area contributed by atoms with Crippen molar-refractivity contribution in [1.82, 2.24) is 0 Å². The second-order valence-electron chi connectivity index (χ2n) is 2.78. The van der Waals surface area contributed by atoms with Crippen molar-refractivity contribution in [1.29, 1.82) is 5.26 Å². The third-order valence-corrected chi connectivity index (χ3v) is 1.98. The van der Waals surface area contributed by atoms with E-state index in [0.717, 1.165) is 11.1 Å². The van der Waals surface area contributed by atoms with Crippen molar-refractivity contribution >= 4 is 0 Å². The molecule has 0 aromatic heterocycles. The molecule has 0 aliphatic heterocycles. The molecule has 62 valence electrons. The van der Waals surface area contributed by atoms with Crippen LogP contribution in [0.25, 0.3) is 11.1 Å². The van der Waals surface area contributed by atoms with Crippen LogP contribution in [-0.4, -0.2) is 0 Å². The van der Waals surface area contributed by atoms with Crippen molar-refractivity contribution in [2.75, 3.05) is 0 Å². The molecule has 13 heavy (non-hydrogen) atoms.